The number of imidazole rings is 1. The van der Waals surface area contributed by atoms with Gasteiger partial charge in [0.25, 0.3) is 0 Å². The molecule has 1 atom stereocenters. The molecule has 5 rings (SSSR count). The minimum Gasteiger partial charge on any atom is -0.491 e. The maximum Gasteiger partial charge on any atom is 0.227 e. The van der Waals surface area contributed by atoms with E-state index in [1.165, 1.54) is 0 Å². The van der Waals surface area contributed by atoms with Gasteiger partial charge in [-0.15, -0.1) is 0 Å². The molecule has 0 N–H and O–H groups in total. The number of benzene rings is 3. The Morgan fingerprint density at radius 3 is 2.66 bits per heavy atom. The number of hydrogen-bond acceptors (Lipinski definition) is 3. The number of amides is 1. The lowest BCUT2D eigenvalue weighted by molar-refractivity contribution is -0.117. The summed E-state index contributed by atoms with van der Waals surface area (Å²) in [6.07, 6.45) is 0.468. The predicted molar refractivity (Wildman–Crippen MR) is 127 cm³/mol. The zero-order chi connectivity index (χ0) is 22.1. The van der Waals surface area contributed by atoms with Crippen molar-refractivity contribution in [2.45, 2.75) is 32.7 Å². The van der Waals surface area contributed by atoms with Gasteiger partial charge in [-0.05, 0) is 55.3 Å². The summed E-state index contributed by atoms with van der Waals surface area (Å²) in [5.74, 6) is 2.06. The summed E-state index contributed by atoms with van der Waals surface area (Å²) >= 11 is 0. The van der Waals surface area contributed by atoms with Crippen LogP contribution in [-0.2, 0) is 11.3 Å². The first-order valence-corrected chi connectivity index (χ1v) is 11.1. The van der Waals surface area contributed by atoms with Crippen LogP contribution in [0.4, 0.5) is 5.69 Å². The zero-order valence-electron chi connectivity index (χ0n) is 18.5. The van der Waals surface area contributed by atoms with Gasteiger partial charge in [-0.3, -0.25) is 4.79 Å². The van der Waals surface area contributed by atoms with Gasteiger partial charge < -0.3 is 14.2 Å². The van der Waals surface area contributed by atoms with Gasteiger partial charge in [-0.2, -0.15) is 0 Å². The molecule has 0 spiro atoms. The number of aryl methyl sites for hydroxylation is 2. The summed E-state index contributed by atoms with van der Waals surface area (Å²) < 4.78 is 8.30. The minimum atomic E-state index is 0.0499. The van der Waals surface area contributed by atoms with E-state index in [0.717, 1.165) is 39.4 Å². The van der Waals surface area contributed by atoms with Gasteiger partial charge in [0.1, 0.15) is 18.2 Å². The molecule has 4 aromatic rings. The van der Waals surface area contributed by atoms with Crippen molar-refractivity contribution in [1.82, 2.24) is 9.55 Å². The highest BCUT2D eigenvalue weighted by atomic mass is 16.5. The third-order valence-corrected chi connectivity index (χ3v) is 6.15. The lowest BCUT2D eigenvalue weighted by Crippen LogP contribution is -2.24. The van der Waals surface area contributed by atoms with Crippen molar-refractivity contribution in [3.8, 4) is 5.75 Å². The van der Waals surface area contributed by atoms with Crippen LogP contribution in [0.1, 0.15) is 29.3 Å². The monoisotopic (exact) mass is 425 g/mol. The molecule has 1 amide bonds. The summed E-state index contributed by atoms with van der Waals surface area (Å²) in [4.78, 5) is 19.7. The van der Waals surface area contributed by atoms with Crippen LogP contribution in [0.15, 0.2) is 72.8 Å². The minimum absolute atomic E-state index is 0.0499. The van der Waals surface area contributed by atoms with E-state index in [0.29, 0.717) is 26.1 Å². The highest BCUT2D eigenvalue weighted by Crippen LogP contribution is 2.33. The number of hydrogen-bond donors (Lipinski definition) is 0. The van der Waals surface area contributed by atoms with Gasteiger partial charge in [0, 0.05) is 24.6 Å². The average Bonchev–Trinajstić information content (AvgIpc) is 3.36. The van der Waals surface area contributed by atoms with Gasteiger partial charge in [0.05, 0.1) is 17.6 Å². The lowest BCUT2D eigenvalue weighted by Gasteiger charge is -2.18. The van der Waals surface area contributed by atoms with E-state index in [9.17, 15) is 4.79 Å². The second-order valence-electron chi connectivity index (χ2n) is 8.47. The van der Waals surface area contributed by atoms with Gasteiger partial charge in [-0.1, -0.05) is 42.5 Å². The molecule has 162 valence electrons. The third kappa shape index (κ3) is 3.86. The molecule has 0 unspecified atom stereocenters. The first-order chi connectivity index (χ1) is 15.6. The van der Waals surface area contributed by atoms with Crippen molar-refractivity contribution < 1.29 is 9.53 Å². The Hall–Kier alpha value is -3.60. The molecule has 1 aromatic heterocycles. The second kappa shape index (κ2) is 8.50. The van der Waals surface area contributed by atoms with E-state index in [2.05, 4.69) is 42.7 Å². The highest BCUT2D eigenvalue weighted by molar-refractivity contribution is 5.96. The molecular formula is C27H27N3O2. The van der Waals surface area contributed by atoms with E-state index in [1.807, 2.05) is 53.4 Å². The maximum atomic E-state index is 12.9. The zero-order valence-corrected chi connectivity index (χ0v) is 18.5. The summed E-state index contributed by atoms with van der Waals surface area (Å²) in [6.45, 7) is 5.97. The summed E-state index contributed by atoms with van der Waals surface area (Å²) in [5, 5.41) is 0. The quantitative estimate of drug-likeness (QED) is 0.424. The Labute approximate surface area is 188 Å². The number of ether oxygens (including phenoxy) is 1. The van der Waals surface area contributed by atoms with Gasteiger partial charge >= 0.3 is 0 Å². The maximum absolute atomic E-state index is 12.9. The number of carbonyl (C=O) groups is 1. The summed E-state index contributed by atoms with van der Waals surface area (Å²) in [7, 11) is 0. The van der Waals surface area contributed by atoms with Crippen molar-refractivity contribution >= 4 is 22.6 Å². The van der Waals surface area contributed by atoms with Crippen molar-refractivity contribution in [3.63, 3.8) is 0 Å². The molecule has 1 aliphatic heterocycles. The Balaban J connectivity index is 1.41. The summed E-state index contributed by atoms with van der Waals surface area (Å²) in [5.41, 5.74) is 5.28. The number of aromatic nitrogens is 2. The smallest absolute Gasteiger partial charge is 0.227 e. The average molecular weight is 426 g/mol. The predicted octanol–water partition coefficient (Wildman–Crippen LogP) is 5.25. The van der Waals surface area contributed by atoms with Crippen LogP contribution >= 0.6 is 0 Å². The number of anilines is 1. The molecule has 5 heteroatoms. The molecule has 3 aromatic carbocycles. The van der Waals surface area contributed by atoms with Crippen LogP contribution in [0.2, 0.25) is 0 Å². The van der Waals surface area contributed by atoms with E-state index >= 15 is 0 Å². The fourth-order valence-corrected chi connectivity index (χ4v) is 4.53. The molecule has 1 fully saturated rings. The van der Waals surface area contributed by atoms with Crippen molar-refractivity contribution in [3.05, 3.63) is 89.7 Å². The van der Waals surface area contributed by atoms with Crippen LogP contribution in [0, 0.1) is 13.8 Å². The van der Waals surface area contributed by atoms with E-state index in [4.69, 9.17) is 9.72 Å². The van der Waals surface area contributed by atoms with Crippen LogP contribution < -0.4 is 9.64 Å². The van der Waals surface area contributed by atoms with Crippen molar-refractivity contribution in [2.24, 2.45) is 0 Å². The molecule has 2 heterocycles. The van der Waals surface area contributed by atoms with Crippen molar-refractivity contribution in [1.29, 1.82) is 0 Å². The van der Waals surface area contributed by atoms with E-state index < -0.39 is 0 Å². The third-order valence-electron chi connectivity index (χ3n) is 6.15. The van der Waals surface area contributed by atoms with Crippen LogP contribution in [0.5, 0.6) is 5.75 Å². The van der Waals surface area contributed by atoms with Crippen LogP contribution in [0.25, 0.3) is 11.0 Å². The Bertz CT molecular complexity index is 1280. The SMILES string of the molecule is Cc1cccc(N2C[C@H](c3nc4ccccc4n3CCOc3ccccc3C)CC2=O)c1. The largest absolute Gasteiger partial charge is 0.491 e. The lowest BCUT2D eigenvalue weighted by atomic mass is 10.1. The molecular weight excluding hydrogens is 398 g/mol. The first-order valence-electron chi connectivity index (χ1n) is 11.1. The summed E-state index contributed by atoms with van der Waals surface area (Å²) in [6, 6.07) is 24.4. The molecule has 0 aliphatic carbocycles. The van der Waals surface area contributed by atoms with Crippen LogP contribution in [0.3, 0.4) is 0 Å². The first kappa shape index (κ1) is 20.3. The number of rotatable bonds is 6. The van der Waals surface area contributed by atoms with Gasteiger partial charge in [-0.25, -0.2) is 4.98 Å². The van der Waals surface area contributed by atoms with E-state index in [1.54, 1.807) is 0 Å². The number of nitrogens with zero attached hydrogens (tertiary/aromatic N) is 3. The molecule has 0 radical (unpaired) electrons. The number of para-hydroxylation sites is 3. The van der Waals surface area contributed by atoms with Gasteiger partial charge in [0.15, 0.2) is 0 Å². The Morgan fingerprint density at radius 2 is 1.81 bits per heavy atom. The second-order valence-corrected chi connectivity index (χ2v) is 8.47. The van der Waals surface area contributed by atoms with Crippen molar-refractivity contribution in [2.75, 3.05) is 18.1 Å². The van der Waals surface area contributed by atoms with E-state index in [-0.39, 0.29) is 11.8 Å². The molecule has 32 heavy (non-hydrogen) atoms. The molecule has 0 saturated carbocycles. The Morgan fingerprint density at radius 1 is 1.00 bits per heavy atom. The Kier molecular flexibility index (Phi) is 5.39. The molecule has 5 nitrogen and oxygen atoms in total. The number of carbonyl (C=O) groups excluding carboxylic acids is 1. The van der Waals surface area contributed by atoms with Crippen LogP contribution in [-0.4, -0.2) is 28.6 Å². The normalized spacial score (nSPS) is 16.1. The fourth-order valence-electron chi connectivity index (χ4n) is 4.53. The topological polar surface area (TPSA) is 47.4 Å². The highest BCUT2D eigenvalue weighted by Gasteiger charge is 2.34. The standard InChI is InChI=1S/C27H27N3O2/c1-19-8-7-10-22(16-19)30-18-21(17-26(30)31)27-28-23-11-4-5-12-24(23)29(27)14-15-32-25-13-6-3-9-20(25)2/h3-13,16,21H,14-15,17-18H2,1-2H3/t21-/m1/s1. The molecule has 0 bridgehead atoms. The molecule has 1 aliphatic rings. The number of fused-ring (bicyclic) bond motifs is 1. The van der Waals surface area contributed by atoms with Gasteiger partial charge in [0.2, 0.25) is 5.91 Å². The molecule has 1 saturated heterocycles. The fraction of sp³-hybridized carbons (Fsp3) is 0.259.